The molecule has 0 amide bonds. The van der Waals surface area contributed by atoms with Gasteiger partial charge >= 0.3 is 20.8 Å². The summed E-state index contributed by atoms with van der Waals surface area (Å²) in [5.41, 5.74) is 0.137. The molecular formula is C21H36O8S2. The van der Waals surface area contributed by atoms with Crippen LogP contribution < -0.4 is 0 Å². The Bertz CT molecular complexity index is 902. The Labute approximate surface area is 186 Å². The Balaban J connectivity index is 1.50. The van der Waals surface area contributed by atoms with Crippen LogP contribution >= 0.6 is 0 Å². The van der Waals surface area contributed by atoms with Gasteiger partial charge < -0.3 is 0 Å². The van der Waals surface area contributed by atoms with E-state index in [1.54, 1.807) is 6.92 Å². The van der Waals surface area contributed by atoms with Crippen molar-refractivity contribution in [2.45, 2.75) is 90.8 Å². The highest BCUT2D eigenvalue weighted by atomic mass is 32.3. The maximum Gasteiger partial charge on any atom is 0.397 e. The molecule has 0 aromatic heterocycles. The minimum atomic E-state index is -4.47. The fraction of sp³-hybridized carbons (Fsp3) is 1.00. The molecule has 4 rings (SSSR count). The zero-order chi connectivity index (χ0) is 22.8. The van der Waals surface area contributed by atoms with Crippen molar-refractivity contribution >= 4 is 20.8 Å². The molecule has 180 valence electrons. The molecule has 0 aromatic rings. The Morgan fingerprint density at radius 3 is 2.13 bits per heavy atom. The third kappa shape index (κ3) is 4.45. The first-order valence-electron chi connectivity index (χ1n) is 11.5. The first kappa shape index (κ1) is 23.9. The first-order valence-corrected chi connectivity index (χ1v) is 14.3. The van der Waals surface area contributed by atoms with Gasteiger partial charge in [0.25, 0.3) is 0 Å². The minimum Gasteiger partial charge on any atom is -0.264 e. The first-order chi connectivity index (χ1) is 14.2. The highest BCUT2D eigenvalue weighted by Gasteiger charge is 2.61. The third-order valence-corrected chi connectivity index (χ3v) is 10.9. The smallest absolute Gasteiger partial charge is 0.264 e. The molecule has 0 bridgehead atoms. The summed E-state index contributed by atoms with van der Waals surface area (Å²) in [4.78, 5) is 0. The standard InChI is InChI=1S/C21H36O8S2/c1-13(28-30(22,23)24)17-6-7-18-16-5-4-14-12-15(29-31(25,26)27)8-10-20(14,2)19(16)9-11-21(17,18)3/h13-19H,4-12H2,1-3H3,(H,22,23,24)(H,25,26,27)/t13-,14+,15-,16+,17-,18+,19+,20+,21-/m1/s1. The van der Waals surface area contributed by atoms with Crippen LogP contribution in [0, 0.1) is 40.4 Å². The van der Waals surface area contributed by atoms with Crippen molar-refractivity contribution in [3.05, 3.63) is 0 Å². The summed E-state index contributed by atoms with van der Waals surface area (Å²) in [5.74, 6) is 2.13. The van der Waals surface area contributed by atoms with Gasteiger partial charge in [0.1, 0.15) is 0 Å². The fourth-order valence-corrected chi connectivity index (χ4v) is 9.59. The predicted octanol–water partition coefficient (Wildman–Crippen LogP) is 4.04. The predicted molar refractivity (Wildman–Crippen MR) is 114 cm³/mol. The van der Waals surface area contributed by atoms with Crippen molar-refractivity contribution in [3.8, 4) is 0 Å². The maximum absolute atomic E-state index is 11.3. The van der Waals surface area contributed by atoms with E-state index in [-0.39, 0.29) is 16.7 Å². The second-order valence-electron chi connectivity index (χ2n) is 11.0. The molecule has 0 radical (unpaired) electrons. The highest BCUT2D eigenvalue weighted by Crippen LogP contribution is 2.68. The molecule has 4 aliphatic carbocycles. The molecule has 31 heavy (non-hydrogen) atoms. The van der Waals surface area contributed by atoms with Gasteiger partial charge in [-0.05, 0) is 105 Å². The highest BCUT2D eigenvalue weighted by molar-refractivity contribution is 7.81. The maximum atomic E-state index is 11.3. The Kier molecular flexibility index (Phi) is 6.09. The molecule has 4 aliphatic rings. The average molecular weight is 481 g/mol. The normalized spacial score (nSPS) is 46.6. The Morgan fingerprint density at radius 1 is 0.839 bits per heavy atom. The van der Waals surface area contributed by atoms with E-state index in [0.717, 1.165) is 44.9 Å². The van der Waals surface area contributed by atoms with E-state index in [1.807, 2.05) is 0 Å². The van der Waals surface area contributed by atoms with E-state index in [4.69, 9.17) is 17.5 Å². The monoisotopic (exact) mass is 480 g/mol. The van der Waals surface area contributed by atoms with Gasteiger partial charge in [0.2, 0.25) is 0 Å². The van der Waals surface area contributed by atoms with E-state index in [9.17, 15) is 16.8 Å². The molecule has 4 saturated carbocycles. The number of hydrogen-bond acceptors (Lipinski definition) is 6. The van der Waals surface area contributed by atoms with Crippen LogP contribution in [0.2, 0.25) is 0 Å². The van der Waals surface area contributed by atoms with Crippen LogP contribution in [0.5, 0.6) is 0 Å². The molecule has 2 N–H and O–H groups in total. The minimum absolute atomic E-state index is 0.000248. The molecule has 0 aliphatic heterocycles. The second-order valence-corrected chi connectivity index (χ2v) is 13.1. The lowest BCUT2D eigenvalue weighted by molar-refractivity contribution is -0.129. The fourth-order valence-electron chi connectivity index (χ4n) is 8.55. The summed E-state index contributed by atoms with van der Waals surface area (Å²) < 4.78 is 73.0. The van der Waals surface area contributed by atoms with Crippen LogP contribution in [-0.4, -0.2) is 38.1 Å². The van der Waals surface area contributed by atoms with E-state index >= 15 is 0 Å². The SMILES string of the molecule is C[C@@H](OS(=O)(=O)O)[C@H]1CC[C@H]2[C@@H]3CC[C@H]4C[C@H](OS(=O)(=O)O)CC[C@]4(C)[C@H]3CC[C@]12C. The molecule has 8 nitrogen and oxygen atoms in total. The molecule has 0 aromatic carbocycles. The lowest BCUT2D eigenvalue weighted by atomic mass is 9.44. The Hall–Kier alpha value is -0.260. The van der Waals surface area contributed by atoms with Crippen LogP contribution in [0.25, 0.3) is 0 Å². The van der Waals surface area contributed by atoms with Gasteiger partial charge in [-0.15, -0.1) is 0 Å². The van der Waals surface area contributed by atoms with Crippen molar-refractivity contribution < 1.29 is 34.3 Å². The van der Waals surface area contributed by atoms with Crippen LogP contribution in [0.1, 0.15) is 78.6 Å². The van der Waals surface area contributed by atoms with Gasteiger partial charge in [0, 0.05) is 0 Å². The van der Waals surface area contributed by atoms with Crippen LogP contribution in [-0.2, 0) is 29.2 Å². The van der Waals surface area contributed by atoms with Gasteiger partial charge in [-0.1, -0.05) is 13.8 Å². The van der Waals surface area contributed by atoms with Crippen LogP contribution in [0.4, 0.5) is 0 Å². The van der Waals surface area contributed by atoms with Crippen molar-refractivity contribution in [2.24, 2.45) is 40.4 Å². The largest absolute Gasteiger partial charge is 0.397 e. The van der Waals surface area contributed by atoms with E-state index in [2.05, 4.69) is 13.8 Å². The molecular weight excluding hydrogens is 444 g/mol. The van der Waals surface area contributed by atoms with Gasteiger partial charge in [0.15, 0.2) is 0 Å². The molecule has 0 spiro atoms. The van der Waals surface area contributed by atoms with Crippen molar-refractivity contribution in [2.75, 3.05) is 0 Å². The second kappa shape index (κ2) is 7.91. The number of hydrogen-bond donors (Lipinski definition) is 2. The number of rotatable bonds is 5. The summed E-state index contributed by atoms with van der Waals surface area (Å²) in [6.07, 6.45) is 7.38. The lowest BCUT2D eigenvalue weighted by Gasteiger charge is -2.61. The van der Waals surface area contributed by atoms with Gasteiger partial charge in [-0.2, -0.15) is 16.8 Å². The molecule has 4 fully saturated rings. The van der Waals surface area contributed by atoms with Gasteiger partial charge in [-0.3, -0.25) is 9.11 Å². The van der Waals surface area contributed by atoms with Crippen LogP contribution in [0.3, 0.4) is 0 Å². The zero-order valence-corrected chi connectivity index (χ0v) is 20.2. The third-order valence-electron chi connectivity index (χ3n) is 9.79. The topological polar surface area (TPSA) is 127 Å². The summed E-state index contributed by atoms with van der Waals surface area (Å²) >= 11 is 0. The number of fused-ring (bicyclic) bond motifs is 5. The van der Waals surface area contributed by atoms with Crippen molar-refractivity contribution in [3.63, 3.8) is 0 Å². The summed E-state index contributed by atoms with van der Waals surface area (Å²) in [7, 11) is -8.89. The molecule has 10 heteroatoms. The van der Waals surface area contributed by atoms with Crippen molar-refractivity contribution in [1.82, 2.24) is 0 Å². The van der Waals surface area contributed by atoms with Crippen LogP contribution in [0.15, 0.2) is 0 Å². The van der Waals surface area contributed by atoms with E-state index < -0.39 is 33.0 Å². The molecule has 0 saturated heterocycles. The Morgan fingerprint density at radius 2 is 1.48 bits per heavy atom. The van der Waals surface area contributed by atoms with Crippen molar-refractivity contribution in [1.29, 1.82) is 0 Å². The molecule has 0 heterocycles. The van der Waals surface area contributed by atoms with E-state index in [1.165, 1.54) is 0 Å². The average Bonchev–Trinajstić information content (AvgIpc) is 2.97. The molecule has 9 atom stereocenters. The summed E-state index contributed by atoms with van der Waals surface area (Å²) in [5, 5.41) is 0. The van der Waals surface area contributed by atoms with Gasteiger partial charge in [-0.25, -0.2) is 8.37 Å². The van der Waals surface area contributed by atoms with Gasteiger partial charge in [0.05, 0.1) is 12.2 Å². The zero-order valence-electron chi connectivity index (χ0n) is 18.6. The summed E-state index contributed by atoms with van der Waals surface area (Å²) in [6.45, 7) is 6.39. The lowest BCUT2D eigenvalue weighted by Crippen LogP contribution is -2.54. The molecule has 0 unspecified atom stereocenters. The quantitative estimate of drug-likeness (QED) is 0.564. The van der Waals surface area contributed by atoms with E-state index in [0.29, 0.717) is 36.5 Å². The summed E-state index contributed by atoms with van der Waals surface area (Å²) in [6, 6.07) is 0.